The van der Waals surface area contributed by atoms with Crippen LogP contribution in [0.5, 0.6) is 0 Å². The van der Waals surface area contributed by atoms with Gasteiger partial charge in [0.2, 0.25) is 0 Å². The van der Waals surface area contributed by atoms with Crippen LogP contribution < -0.4 is 0 Å². The van der Waals surface area contributed by atoms with E-state index in [9.17, 15) is 4.79 Å². The van der Waals surface area contributed by atoms with E-state index >= 15 is 0 Å². The summed E-state index contributed by atoms with van der Waals surface area (Å²) in [7, 11) is 0. The van der Waals surface area contributed by atoms with Gasteiger partial charge in [-0.1, -0.05) is 19.8 Å². The second kappa shape index (κ2) is 11.3. The van der Waals surface area contributed by atoms with E-state index in [4.69, 9.17) is 4.74 Å². The van der Waals surface area contributed by atoms with Crippen LogP contribution >= 0.6 is 0 Å². The molecule has 0 amide bonds. The number of rotatable bonds is 9. The molecular formula is C10H20O5. The van der Waals surface area contributed by atoms with Crippen molar-refractivity contribution >= 4 is 6.16 Å². The maximum Gasteiger partial charge on any atom is 0.540 e. The maximum atomic E-state index is 10.7. The van der Waals surface area contributed by atoms with Crippen LogP contribution in [0.1, 0.15) is 33.1 Å². The molecule has 0 unspecified atom stereocenters. The first kappa shape index (κ1) is 14.2. The molecule has 0 aromatic rings. The lowest BCUT2D eigenvalue weighted by Crippen LogP contribution is -2.12. The summed E-state index contributed by atoms with van der Waals surface area (Å²) in [5, 5.41) is 0. The lowest BCUT2D eigenvalue weighted by Gasteiger charge is -2.04. The third-order valence-electron chi connectivity index (χ3n) is 1.58. The van der Waals surface area contributed by atoms with E-state index in [0.29, 0.717) is 19.8 Å². The minimum absolute atomic E-state index is 0.192. The summed E-state index contributed by atoms with van der Waals surface area (Å²) < 4.78 is 9.86. The molecule has 0 aliphatic carbocycles. The van der Waals surface area contributed by atoms with Crippen LogP contribution in [0.2, 0.25) is 0 Å². The van der Waals surface area contributed by atoms with Gasteiger partial charge in [-0.2, -0.15) is 4.89 Å². The highest BCUT2D eigenvalue weighted by Gasteiger charge is 2.03. The fraction of sp³-hybridized carbons (Fsp3) is 0.900. The minimum atomic E-state index is -0.825. The molecule has 0 radical (unpaired) electrons. The van der Waals surface area contributed by atoms with E-state index in [1.807, 2.05) is 0 Å². The van der Waals surface area contributed by atoms with Crippen molar-refractivity contribution in [3.63, 3.8) is 0 Å². The second-order valence-corrected chi connectivity index (χ2v) is 2.91. The first-order valence-electron chi connectivity index (χ1n) is 5.35. The molecule has 15 heavy (non-hydrogen) atoms. The molecule has 0 aromatic heterocycles. The van der Waals surface area contributed by atoms with Crippen LogP contribution in [0, 0.1) is 0 Å². The SMILES string of the molecule is CCCCCOCCOC(=O)OOCC. The highest BCUT2D eigenvalue weighted by molar-refractivity contribution is 5.58. The van der Waals surface area contributed by atoms with Crippen molar-refractivity contribution in [2.75, 3.05) is 26.4 Å². The summed E-state index contributed by atoms with van der Waals surface area (Å²) in [6.07, 6.45) is 2.54. The van der Waals surface area contributed by atoms with E-state index in [1.165, 1.54) is 6.42 Å². The molecule has 0 N–H and O–H groups in total. The standard InChI is InChI=1S/C10H20O5/c1-3-5-6-7-12-8-9-13-10(11)15-14-4-2/h3-9H2,1-2H3. The molecule has 0 bridgehead atoms. The molecule has 0 heterocycles. The van der Waals surface area contributed by atoms with Gasteiger partial charge in [-0.05, 0) is 13.3 Å². The molecular weight excluding hydrogens is 200 g/mol. The monoisotopic (exact) mass is 220 g/mol. The Hall–Kier alpha value is -0.810. The number of hydrogen-bond acceptors (Lipinski definition) is 5. The van der Waals surface area contributed by atoms with Gasteiger partial charge in [-0.15, -0.1) is 0 Å². The van der Waals surface area contributed by atoms with E-state index < -0.39 is 6.16 Å². The molecule has 5 nitrogen and oxygen atoms in total. The average molecular weight is 220 g/mol. The molecule has 0 fully saturated rings. The predicted molar refractivity (Wildman–Crippen MR) is 54.4 cm³/mol. The zero-order chi connectivity index (χ0) is 11.4. The summed E-state index contributed by atoms with van der Waals surface area (Å²) in [5.41, 5.74) is 0. The van der Waals surface area contributed by atoms with Gasteiger partial charge in [0.15, 0.2) is 0 Å². The molecule has 0 atom stereocenters. The van der Waals surface area contributed by atoms with Gasteiger partial charge in [0, 0.05) is 6.61 Å². The molecule has 0 spiro atoms. The number of unbranched alkanes of at least 4 members (excludes halogenated alkanes) is 2. The molecule has 5 heteroatoms. The van der Waals surface area contributed by atoms with Gasteiger partial charge < -0.3 is 9.47 Å². The van der Waals surface area contributed by atoms with Gasteiger partial charge >= 0.3 is 6.16 Å². The molecule has 0 aliphatic rings. The lowest BCUT2D eigenvalue weighted by atomic mass is 10.3. The summed E-state index contributed by atoms with van der Waals surface area (Å²) in [5.74, 6) is 0. The Bertz CT molecular complexity index is 149. The second-order valence-electron chi connectivity index (χ2n) is 2.91. The van der Waals surface area contributed by atoms with E-state index in [2.05, 4.69) is 21.4 Å². The average Bonchev–Trinajstić information content (AvgIpc) is 2.25. The first-order valence-corrected chi connectivity index (χ1v) is 5.35. The first-order chi connectivity index (χ1) is 7.31. The van der Waals surface area contributed by atoms with Gasteiger partial charge in [0.05, 0.1) is 13.2 Å². The minimum Gasteiger partial charge on any atom is -0.430 e. The highest BCUT2D eigenvalue weighted by atomic mass is 17.2. The molecule has 90 valence electrons. The Kier molecular flexibility index (Phi) is 10.7. The fourth-order valence-corrected chi connectivity index (χ4v) is 0.871. The predicted octanol–water partition coefficient (Wildman–Crippen LogP) is 2.30. The Morgan fingerprint density at radius 2 is 1.87 bits per heavy atom. The zero-order valence-electron chi connectivity index (χ0n) is 9.49. The fourth-order valence-electron chi connectivity index (χ4n) is 0.871. The van der Waals surface area contributed by atoms with Crippen molar-refractivity contribution in [2.24, 2.45) is 0 Å². The quantitative estimate of drug-likeness (QED) is 0.258. The molecule has 0 saturated carbocycles. The largest absolute Gasteiger partial charge is 0.540 e. The molecule has 0 saturated heterocycles. The third kappa shape index (κ3) is 11.1. The lowest BCUT2D eigenvalue weighted by molar-refractivity contribution is -0.251. The van der Waals surface area contributed by atoms with Crippen LogP contribution in [0.3, 0.4) is 0 Å². The van der Waals surface area contributed by atoms with E-state index in [-0.39, 0.29) is 6.61 Å². The zero-order valence-corrected chi connectivity index (χ0v) is 9.49. The van der Waals surface area contributed by atoms with E-state index in [0.717, 1.165) is 12.8 Å². The van der Waals surface area contributed by atoms with Crippen LogP contribution in [-0.2, 0) is 19.2 Å². The molecule has 0 aromatic carbocycles. The topological polar surface area (TPSA) is 54.0 Å². The molecule has 0 rings (SSSR count). The third-order valence-corrected chi connectivity index (χ3v) is 1.58. The van der Waals surface area contributed by atoms with Crippen molar-refractivity contribution in [2.45, 2.75) is 33.1 Å². The van der Waals surface area contributed by atoms with Gasteiger partial charge in [-0.25, -0.2) is 4.79 Å². The smallest absolute Gasteiger partial charge is 0.430 e. The summed E-state index contributed by atoms with van der Waals surface area (Å²) >= 11 is 0. The van der Waals surface area contributed by atoms with Crippen molar-refractivity contribution in [1.29, 1.82) is 0 Å². The van der Waals surface area contributed by atoms with Gasteiger partial charge in [-0.3, -0.25) is 4.89 Å². The van der Waals surface area contributed by atoms with Crippen LogP contribution in [-0.4, -0.2) is 32.6 Å². The number of hydrogen-bond donors (Lipinski definition) is 0. The van der Waals surface area contributed by atoms with Crippen LogP contribution in [0.25, 0.3) is 0 Å². The Morgan fingerprint density at radius 1 is 1.07 bits per heavy atom. The van der Waals surface area contributed by atoms with Crippen LogP contribution in [0.4, 0.5) is 4.79 Å². The summed E-state index contributed by atoms with van der Waals surface area (Å²) in [6.45, 7) is 5.44. The van der Waals surface area contributed by atoms with Crippen molar-refractivity contribution in [3.05, 3.63) is 0 Å². The van der Waals surface area contributed by atoms with Crippen LogP contribution in [0.15, 0.2) is 0 Å². The van der Waals surface area contributed by atoms with Crippen molar-refractivity contribution in [3.8, 4) is 0 Å². The summed E-state index contributed by atoms with van der Waals surface area (Å²) in [4.78, 5) is 19.3. The molecule has 0 aliphatic heterocycles. The highest BCUT2D eigenvalue weighted by Crippen LogP contribution is 1.94. The maximum absolute atomic E-state index is 10.7. The van der Waals surface area contributed by atoms with Crippen molar-refractivity contribution < 1.29 is 24.0 Å². The van der Waals surface area contributed by atoms with Gasteiger partial charge in [0.25, 0.3) is 0 Å². The van der Waals surface area contributed by atoms with E-state index in [1.54, 1.807) is 6.92 Å². The number of ether oxygens (including phenoxy) is 2. The normalized spacial score (nSPS) is 10.0. The van der Waals surface area contributed by atoms with Gasteiger partial charge in [0.1, 0.15) is 6.61 Å². The van der Waals surface area contributed by atoms with Crippen molar-refractivity contribution in [1.82, 2.24) is 0 Å². The Balaban J connectivity index is 3.06. The number of carbonyl (C=O) groups excluding carboxylic acids is 1. The Labute approximate surface area is 90.6 Å². The Morgan fingerprint density at radius 3 is 2.53 bits per heavy atom. The summed E-state index contributed by atoms with van der Waals surface area (Å²) in [6, 6.07) is 0. The number of carbonyl (C=O) groups is 1.